The summed E-state index contributed by atoms with van der Waals surface area (Å²) in [6.45, 7) is 3.91. The first kappa shape index (κ1) is 13.5. The third-order valence-corrected chi connectivity index (χ3v) is 3.26. The second-order valence-electron chi connectivity index (χ2n) is 4.52. The molecule has 0 saturated carbocycles. The van der Waals surface area contributed by atoms with E-state index in [9.17, 15) is 4.79 Å². The van der Waals surface area contributed by atoms with Crippen LogP contribution < -0.4 is 5.73 Å². The molecule has 0 aliphatic carbocycles. The van der Waals surface area contributed by atoms with Gasteiger partial charge in [-0.25, -0.2) is 0 Å². The minimum atomic E-state index is -0.0206. The topological polar surface area (TPSA) is 64.2 Å². The minimum Gasteiger partial charge on any atom is -0.337 e. The number of carbonyl (C=O) groups excluding carboxylic acids is 1. The Morgan fingerprint density at radius 1 is 1.42 bits per heavy atom. The molecule has 0 unspecified atom stereocenters. The highest BCUT2D eigenvalue weighted by atomic mass is 16.2. The number of hydrogen-bond acceptors (Lipinski definition) is 3. The summed E-state index contributed by atoms with van der Waals surface area (Å²) >= 11 is 0. The molecular weight excluding hydrogens is 240 g/mol. The molecule has 1 heterocycles. The molecule has 0 saturated heterocycles. The molecule has 5 nitrogen and oxygen atoms in total. The standard InChI is InChI=1S/C14H20N4O/c1-3-18(10-6-9-15)14(19)13-11-7-4-5-8-12(11)17(2)16-13/h4-5,7-8H,3,6,9-10,15H2,1-2H3. The zero-order valence-electron chi connectivity index (χ0n) is 11.5. The molecule has 1 aromatic carbocycles. The van der Waals surface area contributed by atoms with Crippen LogP contribution in [0.15, 0.2) is 24.3 Å². The van der Waals surface area contributed by atoms with Crippen LogP contribution in [-0.2, 0) is 7.05 Å². The van der Waals surface area contributed by atoms with Gasteiger partial charge in [0.2, 0.25) is 0 Å². The van der Waals surface area contributed by atoms with Crippen molar-refractivity contribution in [3.63, 3.8) is 0 Å². The molecular formula is C14H20N4O. The number of hydrogen-bond donors (Lipinski definition) is 1. The van der Waals surface area contributed by atoms with Crippen LogP contribution in [0.2, 0.25) is 0 Å². The van der Waals surface area contributed by atoms with Gasteiger partial charge < -0.3 is 10.6 Å². The Kier molecular flexibility index (Phi) is 4.16. The molecule has 0 bridgehead atoms. The maximum atomic E-state index is 12.5. The zero-order chi connectivity index (χ0) is 13.8. The molecule has 2 aromatic rings. The van der Waals surface area contributed by atoms with E-state index in [0.29, 0.717) is 25.3 Å². The number of aryl methyl sites for hydroxylation is 1. The highest BCUT2D eigenvalue weighted by Gasteiger charge is 2.20. The van der Waals surface area contributed by atoms with Gasteiger partial charge in [0.05, 0.1) is 5.52 Å². The fraction of sp³-hybridized carbons (Fsp3) is 0.429. The van der Waals surface area contributed by atoms with E-state index in [0.717, 1.165) is 17.3 Å². The van der Waals surface area contributed by atoms with Crippen LogP contribution in [0.5, 0.6) is 0 Å². The SMILES string of the molecule is CCN(CCCN)C(=O)c1nn(C)c2ccccc12. The molecule has 0 fully saturated rings. The molecule has 5 heteroatoms. The van der Waals surface area contributed by atoms with E-state index in [1.54, 1.807) is 9.58 Å². The number of nitrogens with two attached hydrogens (primary N) is 1. The third kappa shape index (κ3) is 2.61. The van der Waals surface area contributed by atoms with Crippen molar-refractivity contribution in [2.45, 2.75) is 13.3 Å². The van der Waals surface area contributed by atoms with E-state index in [1.165, 1.54) is 0 Å². The zero-order valence-corrected chi connectivity index (χ0v) is 11.5. The van der Waals surface area contributed by atoms with Gasteiger partial charge in [-0.15, -0.1) is 0 Å². The number of amides is 1. The molecule has 1 amide bonds. The summed E-state index contributed by atoms with van der Waals surface area (Å²) in [6.07, 6.45) is 0.810. The second-order valence-corrected chi connectivity index (χ2v) is 4.52. The normalized spacial score (nSPS) is 10.9. The molecule has 0 aliphatic heterocycles. The van der Waals surface area contributed by atoms with E-state index < -0.39 is 0 Å². The van der Waals surface area contributed by atoms with Crippen molar-refractivity contribution in [3.8, 4) is 0 Å². The molecule has 19 heavy (non-hydrogen) atoms. The molecule has 102 valence electrons. The van der Waals surface area contributed by atoms with Gasteiger partial charge in [0.1, 0.15) is 0 Å². The fourth-order valence-electron chi connectivity index (χ4n) is 2.21. The predicted molar refractivity (Wildman–Crippen MR) is 76.0 cm³/mol. The van der Waals surface area contributed by atoms with Crippen LogP contribution in [0.1, 0.15) is 23.8 Å². The number of rotatable bonds is 5. The van der Waals surface area contributed by atoms with Crippen molar-refractivity contribution in [1.82, 2.24) is 14.7 Å². The van der Waals surface area contributed by atoms with Crippen molar-refractivity contribution < 1.29 is 4.79 Å². The van der Waals surface area contributed by atoms with Crippen LogP contribution >= 0.6 is 0 Å². The average molecular weight is 260 g/mol. The van der Waals surface area contributed by atoms with Gasteiger partial charge >= 0.3 is 0 Å². The Labute approximate surface area is 113 Å². The summed E-state index contributed by atoms with van der Waals surface area (Å²) in [6, 6.07) is 7.78. The second kappa shape index (κ2) is 5.84. The van der Waals surface area contributed by atoms with Gasteiger partial charge in [0.25, 0.3) is 5.91 Å². The monoisotopic (exact) mass is 260 g/mol. The molecule has 0 spiro atoms. The number of carbonyl (C=O) groups is 1. The van der Waals surface area contributed by atoms with Crippen molar-refractivity contribution in [2.75, 3.05) is 19.6 Å². The summed E-state index contributed by atoms with van der Waals surface area (Å²) in [5.41, 5.74) is 7.01. The van der Waals surface area contributed by atoms with Crippen LogP contribution in [-0.4, -0.2) is 40.2 Å². The first-order valence-corrected chi connectivity index (χ1v) is 6.60. The van der Waals surface area contributed by atoms with E-state index in [1.807, 2.05) is 38.2 Å². The smallest absolute Gasteiger partial charge is 0.274 e. The molecule has 1 aromatic heterocycles. The summed E-state index contributed by atoms with van der Waals surface area (Å²) in [5, 5.41) is 5.26. The highest BCUT2D eigenvalue weighted by Crippen LogP contribution is 2.18. The number of aromatic nitrogens is 2. The quantitative estimate of drug-likeness (QED) is 0.883. The van der Waals surface area contributed by atoms with E-state index in [2.05, 4.69) is 5.10 Å². The Bertz CT molecular complexity index is 576. The van der Waals surface area contributed by atoms with Crippen molar-refractivity contribution in [3.05, 3.63) is 30.0 Å². The van der Waals surface area contributed by atoms with Gasteiger partial charge in [0, 0.05) is 25.5 Å². The van der Waals surface area contributed by atoms with Crippen LogP contribution in [0, 0.1) is 0 Å². The molecule has 0 radical (unpaired) electrons. The number of nitrogens with zero attached hydrogens (tertiary/aromatic N) is 3. The average Bonchev–Trinajstić information content (AvgIpc) is 2.77. The van der Waals surface area contributed by atoms with Gasteiger partial charge in [-0.05, 0) is 26.0 Å². The van der Waals surface area contributed by atoms with Crippen LogP contribution in [0.25, 0.3) is 10.9 Å². The summed E-state index contributed by atoms with van der Waals surface area (Å²) in [7, 11) is 1.86. The minimum absolute atomic E-state index is 0.0206. The lowest BCUT2D eigenvalue weighted by Crippen LogP contribution is -2.33. The maximum absolute atomic E-state index is 12.5. The van der Waals surface area contributed by atoms with E-state index in [4.69, 9.17) is 5.73 Å². The highest BCUT2D eigenvalue weighted by molar-refractivity contribution is 6.04. The Morgan fingerprint density at radius 3 is 2.84 bits per heavy atom. The van der Waals surface area contributed by atoms with Crippen molar-refractivity contribution in [1.29, 1.82) is 0 Å². The third-order valence-electron chi connectivity index (χ3n) is 3.26. The summed E-state index contributed by atoms with van der Waals surface area (Å²) in [4.78, 5) is 14.3. The first-order valence-electron chi connectivity index (χ1n) is 6.60. The lowest BCUT2D eigenvalue weighted by molar-refractivity contribution is 0.0759. The Balaban J connectivity index is 2.35. The number of para-hydroxylation sites is 1. The number of benzene rings is 1. The fourth-order valence-corrected chi connectivity index (χ4v) is 2.21. The van der Waals surface area contributed by atoms with Gasteiger partial charge in [-0.1, -0.05) is 18.2 Å². The van der Waals surface area contributed by atoms with E-state index >= 15 is 0 Å². The largest absolute Gasteiger partial charge is 0.337 e. The predicted octanol–water partition coefficient (Wildman–Crippen LogP) is 1.38. The molecule has 0 atom stereocenters. The molecule has 2 rings (SSSR count). The van der Waals surface area contributed by atoms with Crippen molar-refractivity contribution >= 4 is 16.8 Å². The van der Waals surface area contributed by atoms with Crippen LogP contribution in [0.4, 0.5) is 0 Å². The van der Waals surface area contributed by atoms with Crippen molar-refractivity contribution in [2.24, 2.45) is 12.8 Å². The van der Waals surface area contributed by atoms with E-state index in [-0.39, 0.29) is 5.91 Å². The molecule has 2 N–H and O–H groups in total. The Morgan fingerprint density at radius 2 is 2.16 bits per heavy atom. The molecule has 0 aliphatic rings. The summed E-state index contributed by atoms with van der Waals surface area (Å²) in [5.74, 6) is -0.0206. The first-order chi connectivity index (χ1) is 9.19. The van der Waals surface area contributed by atoms with Gasteiger partial charge in [0.15, 0.2) is 5.69 Å². The lowest BCUT2D eigenvalue weighted by atomic mass is 10.2. The Hall–Kier alpha value is -1.88. The maximum Gasteiger partial charge on any atom is 0.274 e. The van der Waals surface area contributed by atoms with Gasteiger partial charge in [-0.2, -0.15) is 5.10 Å². The lowest BCUT2D eigenvalue weighted by Gasteiger charge is -2.19. The van der Waals surface area contributed by atoms with Gasteiger partial charge in [-0.3, -0.25) is 9.48 Å². The van der Waals surface area contributed by atoms with Crippen LogP contribution in [0.3, 0.4) is 0 Å². The summed E-state index contributed by atoms with van der Waals surface area (Å²) < 4.78 is 1.75. The number of fused-ring (bicyclic) bond motifs is 1.